The minimum atomic E-state index is -1.31. The maximum atomic E-state index is 9.48. The van der Waals surface area contributed by atoms with Gasteiger partial charge in [-0.25, -0.2) is 0 Å². The van der Waals surface area contributed by atoms with Gasteiger partial charge in [0.2, 0.25) is 0 Å². The summed E-state index contributed by atoms with van der Waals surface area (Å²) in [5, 5.41) is 15.9. The molecule has 0 aliphatic carbocycles. The van der Waals surface area contributed by atoms with Gasteiger partial charge < -0.3 is 15.6 Å². The van der Waals surface area contributed by atoms with Crippen molar-refractivity contribution < 1.29 is 9.90 Å². The van der Waals surface area contributed by atoms with Gasteiger partial charge in [-0.3, -0.25) is 5.41 Å². The van der Waals surface area contributed by atoms with E-state index in [1.54, 1.807) is 0 Å². The molecule has 0 amide bonds. The van der Waals surface area contributed by atoms with Crippen LogP contribution in [0.4, 0.5) is 0 Å². The molecule has 0 saturated heterocycles. The fourth-order valence-electron chi connectivity index (χ4n) is 0.156. The monoisotopic (exact) mass is 101 g/mol. The van der Waals surface area contributed by atoms with Gasteiger partial charge in [-0.15, -0.1) is 0 Å². The molecule has 0 aromatic carbocycles. The van der Waals surface area contributed by atoms with Crippen LogP contribution < -0.4 is 10.8 Å². The molecule has 40 valence electrons. The molecule has 4 heteroatoms. The second-order valence-corrected chi connectivity index (χ2v) is 1.07. The third-order valence-electron chi connectivity index (χ3n) is 0.335. The van der Waals surface area contributed by atoms with Gasteiger partial charge >= 0.3 is 0 Å². The van der Waals surface area contributed by atoms with Crippen molar-refractivity contribution in [1.82, 2.24) is 0 Å². The molecule has 0 aliphatic heterocycles. The summed E-state index contributed by atoms with van der Waals surface area (Å²) < 4.78 is 0. The number of carbonyl (C=O) groups excluding carboxylic acids is 1. The first-order chi connectivity index (χ1) is 3.13. The number of carbonyl (C=O) groups is 1. The molecule has 0 saturated carbocycles. The maximum Gasteiger partial charge on any atom is 0.0962 e. The molecular formula is C3H5N2O2-. The van der Waals surface area contributed by atoms with Crippen LogP contribution in [0.1, 0.15) is 6.42 Å². The summed E-state index contributed by atoms with van der Waals surface area (Å²) in [6.45, 7) is 0. The Labute approximate surface area is 40.5 Å². The largest absolute Gasteiger partial charge is 0.550 e. The minimum absolute atomic E-state index is 0.375. The van der Waals surface area contributed by atoms with E-state index in [4.69, 9.17) is 5.41 Å². The van der Waals surface area contributed by atoms with Crippen molar-refractivity contribution in [3.05, 3.63) is 0 Å². The molecule has 0 rings (SSSR count). The minimum Gasteiger partial charge on any atom is -0.550 e. The molecule has 0 fully saturated rings. The highest BCUT2D eigenvalue weighted by atomic mass is 16.4. The number of hydrogen-bond acceptors (Lipinski definition) is 3. The Morgan fingerprint density at radius 3 is 2.29 bits per heavy atom. The molecule has 0 heterocycles. The normalized spacial score (nSPS) is 8.00. The molecule has 4 nitrogen and oxygen atoms in total. The standard InChI is InChI=1S/C3H6N2O2/c4-2(5)1-3(6)7/h1H2,(H3,4,5)(H,6,7)/p-1. The molecule has 0 atom stereocenters. The van der Waals surface area contributed by atoms with Crippen LogP contribution in [-0.2, 0) is 4.79 Å². The number of amidine groups is 1. The number of hydrogen-bond donors (Lipinski definition) is 2. The van der Waals surface area contributed by atoms with Gasteiger partial charge in [0, 0.05) is 12.4 Å². The molecule has 3 N–H and O–H groups in total. The molecule has 0 unspecified atom stereocenters. The average Bonchev–Trinajstić information content (AvgIpc) is 1.27. The van der Waals surface area contributed by atoms with Crippen LogP contribution in [0.2, 0.25) is 0 Å². The van der Waals surface area contributed by atoms with E-state index in [1.165, 1.54) is 0 Å². The lowest BCUT2D eigenvalue weighted by molar-refractivity contribution is -0.303. The average molecular weight is 101 g/mol. The van der Waals surface area contributed by atoms with Crippen molar-refractivity contribution in [2.45, 2.75) is 6.42 Å². The van der Waals surface area contributed by atoms with E-state index in [-0.39, 0.29) is 5.84 Å². The van der Waals surface area contributed by atoms with Crippen molar-refractivity contribution in [2.24, 2.45) is 5.73 Å². The van der Waals surface area contributed by atoms with Crippen molar-refractivity contribution in [1.29, 1.82) is 5.41 Å². The van der Waals surface area contributed by atoms with Gasteiger partial charge in [-0.05, 0) is 0 Å². The number of rotatable bonds is 2. The summed E-state index contributed by atoms with van der Waals surface area (Å²) in [6, 6.07) is 0. The summed E-state index contributed by atoms with van der Waals surface area (Å²) in [5.41, 5.74) is 4.66. The van der Waals surface area contributed by atoms with Crippen LogP contribution in [0.5, 0.6) is 0 Å². The quantitative estimate of drug-likeness (QED) is 0.313. The first-order valence-electron chi connectivity index (χ1n) is 1.65. The van der Waals surface area contributed by atoms with Gasteiger partial charge in [0.15, 0.2) is 0 Å². The van der Waals surface area contributed by atoms with Gasteiger partial charge in [0.1, 0.15) is 0 Å². The number of nitrogens with two attached hydrogens (primary N) is 1. The van der Waals surface area contributed by atoms with Crippen LogP contribution in [0.15, 0.2) is 0 Å². The lowest BCUT2D eigenvalue weighted by atomic mass is 10.4. The third-order valence-corrected chi connectivity index (χ3v) is 0.335. The van der Waals surface area contributed by atoms with Crippen LogP contribution in [0, 0.1) is 5.41 Å². The molecule has 0 aromatic rings. The van der Waals surface area contributed by atoms with Crippen molar-refractivity contribution in [3.63, 3.8) is 0 Å². The van der Waals surface area contributed by atoms with Crippen LogP contribution in [-0.4, -0.2) is 11.8 Å². The zero-order valence-electron chi connectivity index (χ0n) is 3.60. The Morgan fingerprint density at radius 1 is 1.86 bits per heavy atom. The van der Waals surface area contributed by atoms with Gasteiger partial charge in [-0.2, -0.15) is 0 Å². The molecule has 0 aromatic heterocycles. The number of aliphatic carboxylic acids is 1. The predicted octanol–water partition coefficient (Wildman–Crippen LogP) is -1.94. The topological polar surface area (TPSA) is 90.0 Å². The summed E-state index contributed by atoms with van der Waals surface area (Å²) in [7, 11) is 0. The fraction of sp³-hybridized carbons (Fsp3) is 0.333. The number of carboxylic acid groups (broad SMARTS) is 1. The molecular weight excluding hydrogens is 96.0 g/mol. The Balaban J connectivity index is 3.32. The second-order valence-electron chi connectivity index (χ2n) is 1.07. The molecule has 7 heavy (non-hydrogen) atoms. The lowest BCUT2D eigenvalue weighted by Gasteiger charge is -1.95. The zero-order valence-corrected chi connectivity index (χ0v) is 3.60. The Kier molecular flexibility index (Phi) is 1.84. The Hall–Kier alpha value is -1.06. The Bertz CT molecular complexity index is 87.1. The van der Waals surface area contributed by atoms with Crippen LogP contribution in [0.25, 0.3) is 0 Å². The van der Waals surface area contributed by atoms with Gasteiger partial charge in [-0.1, -0.05) is 0 Å². The first kappa shape index (κ1) is 5.94. The number of carboxylic acids is 1. The highest BCUT2D eigenvalue weighted by molar-refractivity contribution is 5.93. The SMILES string of the molecule is N=C(N)CC(=O)[O-]. The van der Waals surface area contributed by atoms with E-state index in [0.29, 0.717) is 0 Å². The van der Waals surface area contributed by atoms with E-state index >= 15 is 0 Å². The Morgan fingerprint density at radius 2 is 2.29 bits per heavy atom. The van der Waals surface area contributed by atoms with E-state index in [0.717, 1.165) is 0 Å². The zero-order chi connectivity index (χ0) is 5.86. The second kappa shape index (κ2) is 2.17. The third kappa shape index (κ3) is 4.94. The van der Waals surface area contributed by atoms with E-state index in [9.17, 15) is 9.90 Å². The molecule has 0 radical (unpaired) electrons. The van der Waals surface area contributed by atoms with Crippen molar-refractivity contribution in [2.75, 3.05) is 0 Å². The summed E-state index contributed by atoms with van der Waals surface area (Å²) in [4.78, 5) is 9.48. The summed E-state index contributed by atoms with van der Waals surface area (Å²) in [6.07, 6.45) is -0.472. The molecule has 0 spiro atoms. The van der Waals surface area contributed by atoms with Crippen LogP contribution >= 0.6 is 0 Å². The smallest absolute Gasteiger partial charge is 0.0962 e. The van der Waals surface area contributed by atoms with Crippen LogP contribution in [0.3, 0.4) is 0 Å². The fourth-order valence-corrected chi connectivity index (χ4v) is 0.156. The van der Waals surface area contributed by atoms with E-state index < -0.39 is 12.4 Å². The molecule has 0 aliphatic rings. The summed E-state index contributed by atoms with van der Waals surface area (Å²) in [5.74, 6) is -1.69. The van der Waals surface area contributed by atoms with Gasteiger partial charge in [0.05, 0.1) is 5.84 Å². The van der Waals surface area contributed by atoms with Crippen molar-refractivity contribution in [3.8, 4) is 0 Å². The predicted molar refractivity (Wildman–Crippen MR) is 21.5 cm³/mol. The van der Waals surface area contributed by atoms with Crippen molar-refractivity contribution >= 4 is 11.8 Å². The highest BCUT2D eigenvalue weighted by Crippen LogP contribution is 1.68. The molecule has 0 bridgehead atoms. The van der Waals surface area contributed by atoms with Gasteiger partial charge in [0.25, 0.3) is 0 Å². The highest BCUT2D eigenvalue weighted by Gasteiger charge is 1.84. The summed E-state index contributed by atoms with van der Waals surface area (Å²) >= 11 is 0. The number of nitrogens with one attached hydrogen (secondary N) is 1. The van der Waals surface area contributed by atoms with E-state index in [1.807, 2.05) is 0 Å². The lowest BCUT2D eigenvalue weighted by Crippen LogP contribution is -2.27. The first-order valence-corrected chi connectivity index (χ1v) is 1.65. The van der Waals surface area contributed by atoms with E-state index in [2.05, 4.69) is 5.73 Å². The maximum absolute atomic E-state index is 9.48.